The van der Waals surface area contributed by atoms with Gasteiger partial charge in [0, 0.05) is 12.9 Å². The first-order valence-corrected chi connectivity index (χ1v) is 8.84. The van der Waals surface area contributed by atoms with Crippen LogP contribution < -0.4 is 5.56 Å². The molecule has 0 radical (unpaired) electrons. The van der Waals surface area contributed by atoms with Crippen molar-refractivity contribution in [2.24, 2.45) is 0 Å². The van der Waals surface area contributed by atoms with Crippen LogP contribution in [0.4, 0.5) is 0 Å². The largest absolute Gasteiger partial charge is 0.383 e. The number of nitrogens with zero attached hydrogens (tertiary/aromatic N) is 2. The summed E-state index contributed by atoms with van der Waals surface area (Å²) in [6.07, 6.45) is 0. The summed E-state index contributed by atoms with van der Waals surface area (Å²) >= 11 is 1.58. The number of hydrogen-bond acceptors (Lipinski definition) is 4. The normalized spacial score (nSPS) is 11.1. The van der Waals surface area contributed by atoms with Crippen LogP contribution >= 0.6 is 11.8 Å². The molecule has 0 aliphatic carbocycles. The summed E-state index contributed by atoms with van der Waals surface area (Å²) in [4.78, 5) is 17.5. The third-order valence-corrected chi connectivity index (χ3v) is 4.88. The van der Waals surface area contributed by atoms with Crippen LogP contribution in [0.15, 0.2) is 58.5 Å². The minimum absolute atomic E-state index is 0.0101. The number of para-hydroxylation sites is 1. The van der Waals surface area contributed by atoms with Crippen LogP contribution in [-0.2, 0) is 17.0 Å². The van der Waals surface area contributed by atoms with Crippen molar-refractivity contribution < 1.29 is 4.74 Å². The zero-order valence-electron chi connectivity index (χ0n) is 13.9. The third kappa shape index (κ3) is 3.68. The molecule has 124 valence electrons. The number of methoxy groups -OCH3 is 1. The number of rotatable bonds is 6. The monoisotopic (exact) mass is 340 g/mol. The van der Waals surface area contributed by atoms with Crippen molar-refractivity contribution in [1.82, 2.24) is 9.55 Å². The summed E-state index contributed by atoms with van der Waals surface area (Å²) in [7, 11) is 1.64. The molecule has 0 amide bonds. The second-order valence-electron chi connectivity index (χ2n) is 5.64. The van der Waals surface area contributed by atoms with Crippen LogP contribution in [0.1, 0.15) is 11.1 Å². The highest BCUT2D eigenvalue weighted by Gasteiger charge is 2.11. The molecule has 0 N–H and O–H groups in total. The first-order valence-electron chi connectivity index (χ1n) is 7.86. The molecule has 1 aromatic heterocycles. The van der Waals surface area contributed by atoms with Crippen LogP contribution in [0.2, 0.25) is 0 Å². The molecule has 5 heteroatoms. The minimum atomic E-state index is -0.0101. The zero-order valence-corrected chi connectivity index (χ0v) is 14.7. The Balaban J connectivity index is 1.95. The van der Waals surface area contributed by atoms with E-state index in [4.69, 9.17) is 9.72 Å². The van der Waals surface area contributed by atoms with Gasteiger partial charge in [0.1, 0.15) is 0 Å². The molecule has 0 aliphatic rings. The van der Waals surface area contributed by atoms with Crippen molar-refractivity contribution in [2.45, 2.75) is 24.4 Å². The molecule has 0 saturated heterocycles. The van der Waals surface area contributed by atoms with E-state index in [1.165, 1.54) is 11.1 Å². The number of aryl methyl sites for hydroxylation is 1. The first kappa shape index (κ1) is 16.7. The fourth-order valence-electron chi connectivity index (χ4n) is 2.47. The molecule has 0 aliphatic heterocycles. The molecule has 0 bridgehead atoms. The van der Waals surface area contributed by atoms with Crippen LogP contribution in [0.5, 0.6) is 0 Å². The average molecular weight is 340 g/mol. The van der Waals surface area contributed by atoms with E-state index in [1.807, 2.05) is 24.3 Å². The van der Waals surface area contributed by atoms with Gasteiger partial charge in [-0.05, 0) is 24.6 Å². The number of ether oxygens (including phenoxy) is 1. The molecule has 0 unspecified atom stereocenters. The van der Waals surface area contributed by atoms with Crippen molar-refractivity contribution in [3.8, 4) is 0 Å². The van der Waals surface area contributed by atoms with Gasteiger partial charge < -0.3 is 4.74 Å². The lowest BCUT2D eigenvalue weighted by Crippen LogP contribution is -2.25. The maximum atomic E-state index is 12.8. The summed E-state index contributed by atoms with van der Waals surface area (Å²) in [5.74, 6) is 0.776. The molecule has 0 saturated carbocycles. The molecule has 0 fully saturated rings. The van der Waals surface area contributed by atoms with Gasteiger partial charge in [-0.2, -0.15) is 0 Å². The summed E-state index contributed by atoms with van der Waals surface area (Å²) in [5, 5.41) is 1.38. The van der Waals surface area contributed by atoms with Crippen molar-refractivity contribution >= 4 is 22.7 Å². The number of fused-ring (bicyclic) bond motifs is 1. The Kier molecular flexibility index (Phi) is 5.33. The molecule has 2 aromatic carbocycles. The van der Waals surface area contributed by atoms with Gasteiger partial charge in [-0.25, -0.2) is 4.98 Å². The molecule has 3 rings (SSSR count). The van der Waals surface area contributed by atoms with Crippen LogP contribution in [0, 0.1) is 6.92 Å². The summed E-state index contributed by atoms with van der Waals surface area (Å²) < 4.78 is 6.86. The van der Waals surface area contributed by atoms with Gasteiger partial charge in [-0.3, -0.25) is 9.36 Å². The van der Waals surface area contributed by atoms with Crippen LogP contribution in [0.25, 0.3) is 10.9 Å². The maximum Gasteiger partial charge on any atom is 0.262 e. The van der Waals surface area contributed by atoms with E-state index in [2.05, 4.69) is 31.2 Å². The highest BCUT2D eigenvalue weighted by molar-refractivity contribution is 7.98. The van der Waals surface area contributed by atoms with Gasteiger partial charge in [-0.15, -0.1) is 0 Å². The predicted octanol–water partition coefficient (Wildman–Crippen LogP) is 3.64. The number of thioether (sulfide) groups is 1. The maximum absolute atomic E-state index is 12.8. The van der Waals surface area contributed by atoms with Gasteiger partial charge >= 0.3 is 0 Å². The van der Waals surface area contributed by atoms with Crippen molar-refractivity contribution in [3.05, 3.63) is 70.0 Å². The predicted molar refractivity (Wildman–Crippen MR) is 98.6 cm³/mol. The Morgan fingerprint density at radius 2 is 1.88 bits per heavy atom. The van der Waals surface area contributed by atoms with E-state index in [1.54, 1.807) is 23.4 Å². The summed E-state index contributed by atoms with van der Waals surface area (Å²) in [6.45, 7) is 3.06. The Labute approximate surface area is 145 Å². The lowest BCUT2D eigenvalue weighted by molar-refractivity contribution is 0.183. The topological polar surface area (TPSA) is 44.1 Å². The molecule has 0 atom stereocenters. The second kappa shape index (κ2) is 7.64. The van der Waals surface area contributed by atoms with E-state index < -0.39 is 0 Å². The number of hydrogen-bond donors (Lipinski definition) is 0. The van der Waals surface area contributed by atoms with Crippen LogP contribution in [0.3, 0.4) is 0 Å². The first-order chi connectivity index (χ1) is 11.7. The van der Waals surface area contributed by atoms with Crippen molar-refractivity contribution in [3.63, 3.8) is 0 Å². The standard InChI is InChI=1S/C19H20N2O2S/c1-14-7-9-15(10-8-14)13-24-19-20-17-6-4-3-5-16(17)18(22)21(19)11-12-23-2/h3-10H,11-13H2,1-2H3. The van der Waals surface area contributed by atoms with Crippen molar-refractivity contribution in [1.29, 1.82) is 0 Å². The van der Waals surface area contributed by atoms with Gasteiger partial charge in [0.15, 0.2) is 5.16 Å². The van der Waals surface area contributed by atoms with E-state index in [0.717, 1.165) is 16.4 Å². The molecule has 4 nitrogen and oxygen atoms in total. The Morgan fingerprint density at radius 3 is 2.62 bits per heavy atom. The van der Waals surface area contributed by atoms with Gasteiger partial charge in [0.25, 0.3) is 5.56 Å². The Hall–Kier alpha value is -2.11. The zero-order chi connectivity index (χ0) is 16.9. The SMILES string of the molecule is COCCn1c(SCc2ccc(C)cc2)nc2ccccc2c1=O. The number of benzene rings is 2. The highest BCUT2D eigenvalue weighted by Crippen LogP contribution is 2.22. The van der Waals surface area contributed by atoms with Gasteiger partial charge in [-0.1, -0.05) is 53.7 Å². The fourth-order valence-corrected chi connectivity index (χ4v) is 3.45. The van der Waals surface area contributed by atoms with Gasteiger partial charge in [0.2, 0.25) is 0 Å². The lowest BCUT2D eigenvalue weighted by Gasteiger charge is -2.12. The van der Waals surface area contributed by atoms with Crippen molar-refractivity contribution in [2.75, 3.05) is 13.7 Å². The van der Waals surface area contributed by atoms with Gasteiger partial charge in [0.05, 0.1) is 24.1 Å². The third-order valence-electron chi connectivity index (χ3n) is 3.83. The highest BCUT2D eigenvalue weighted by atomic mass is 32.2. The molecular weight excluding hydrogens is 320 g/mol. The Bertz CT molecular complexity index is 888. The molecule has 0 spiro atoms. The van der Waals surface area contributed by atoms with E-state index in [9.17, 15) is 4.79 Å². The lowest BCUT2D eigenvalue weighted by atomic mass is 10.2. The molecular formula is C19H20N2O2S. The molecule has 1 heterocycles. The second-order valence-corrected chi connectivity index (χ2v) is 6.58. The quantitative estimate of drug-likeness (QED) is 0.507. The smallest absolute Gasteiger partial charge is 0.262 e. The summed E-state index contributed by atoms with van der Waals surface area (Å²) in [5.41, 5.74) is 3.18. The van der Waals surface area contributed by atoms with E-state index >= 15 is 0 Å². The Morgan fingerprint density at radius 1 is 1.12 bits per heavy atom. The van der Waals surface area contributed by atoms with E-state index in [-0.39, 0.29) is 5.56 Å². The molecule has 3 aromatic rings. The average Bonchev–Trinajstić information content (AvgIpc) is 2.61. The summed E-state index contributed by atoms with van der Waals surface area (Å²) in [6, 6.07) is 15.9. The van der Waals surface area contributed by atoms with Crippen LogP contribution in [-0.4, -0.2) is 23.3 Å². The number of aromatic nitrogens is 2. The molecule has 24 heavy (non-hydrogen) atoms. The minimum Gasteiger partial charge on any atom is -0.383 e. The fraction of sp³-hybridized carbons (Fsp3) is 0.263. The van der Waals surface area contributed by atoms with E-state index in [0.29, 0.717) is 18.5 Å².